The maximum atomic E-state index is 11.3. The lowest BCUT2D eigenvalue weighted by atomic mass is 9.99. The number of nitrogens with one attached hydrogen (secondary N) is 1. The molecule has 1 N–H and O–H groups in total. The van der Waals surface area contributed by atoms with E-state index in [1.807, 2.05) is 0 Å². The van der Waals surface area contributed by atoms with Gasteiger partial charge in [-0.3, -0.25) is 0 Å². The molecule has 1 unspecified atom stereocenters. The molecule has 0 aliphatic rings. The average molecular weight is 263 g/mol. The predicted octanol–water partition coefficient (Wildman–Crippen LogP) is 2.62. The second-order valence-corrected chi connectivity index (χ2v) is 7.59. The molecular weight excluding hydrogens is 234 g/mol. The zero-order valence-corrected chi connectivity index (χ0v) is 12.6. The first-order valence-corrected chi connectivity index (χ1v) is 8.67. The molecule has 0 saturated heterocycles. The van der Waals surface area contributed by atoms with E-state index in [9.17, 15) is 8.42 Å². The first-order valence-electron chi connectivity index (χ1n) is 6.85. The molecule has 0 heterocycles. The van der Waals surface area contributed by atoms with Crippen molar-refractivity contribution >= 4 is 9.84 Å². The van der Waals surface area contributed by atoms with E-state index >= 15 is 0 Å². The highest BCUT2D eigenvalue weighted by Gasteiger charge is 2.11. The summed E-state index contributed by atoms with van der Waals surface area (Å²) in [4.78, 5) is 0. The topological polar surface area (TPSA) is 46.2 Å². The van der Waals surface area contributed by atoms with Gasteiger partial charge in [0.25, 0.3) is 0 Å². The summed E-state index contributed by atoms with van der Waals surface area (Å²) in [5.41, 5.74) is 0. The van der Waals surface area contributed by atoms with Crippen LogP contribution in [0, 0.1) is 5.92 Å². The Kier molecular flexibility index (Phi) is 8.88. The zero-order valence-electron chi connectivity index (χ0n) is 11.8. The molecule has 3 nitrogen and oxygen atoms in total. The molecule has 104 valence electrons. The number of rotatable bonds is 10. The summed E-state index contributed by atoms with van der Waals surface area (Å²) in [5.74, 6) is 1.32. The van der Waals surface area contributed by atoms with Gasteiger partial charge in [0.2, 0.25) is 0 Å². The number of sulfone groups is 1. The Hall–Kier alpha value is -0.0900. The van der Waals surface area contributed by atoms with Crippen molar-refractivity contribution in [2.75, 3.05) is 18.1 Å². The summed E-state index contributed by atoms with van der Waals surface area (Å²) in [5, 5.41) is 3.48. The summed E-state index contributed by atoms with van der Waals surface area (Å²) < 4.78 is 22.7. The van der Waals surface area contributed by atoms with E-state index in [4.69, 9.17) is 0 Å². The van der Waals surface area contributed by atoms with Gasteiger partial charge in [0.1, 0.15) is 9.84 Å². The first-order chi connectivity index (χ1) is 7.91. The van der Waals surface area contributed by atoms with Crippen LogP contribution in [0.5, 0.6) is 0 Å². The summed E-state index contributed by atoms with van der Waals surface area (Å²) in [7, 11) is -2.77. The van der Waals surface area contributed by atoms with Crippen LogP contribution < -0.4 is 5.32 Å². The lowest BCUT2D eigenvalue weighted by molar-refractivity contribution is 0.396. The third-order valence-corrected chi connectivity index (χ3v) is 4.74. The molecule has 0 bridgehead atoms. The highest BCUT2D eigenvalue weighted by molar-refractivity contribution is 7.91. The SMILES string of the molecule is CCNC(CCCCS(=O)(=O)CC)CC(C)C. The van der Waals surface area contributed by atoms with Crippen LogP contribution in [0.3, 0.4) is 0 Å². The smallest absolute Gasteiger partial charge is 0.150 e. The molecular formula is C13H29NO2S. The monoisotopic (exact) mass is 263 g/mol. The molecule has 0 aromatic carbocycles. The Morgan fingerprint density at radius 3 is 2.24 bits per heavy atom. The molecule has 0 aromatic heterocycles. The Balaban J connectivity index is 3.82. The Bertz CT molecular complexity index is 273. The lowest BCUT2D eigenvalue weighted by Gasteiger charge is -2.19. The van der Waals surface area contributed by atoms with Crippen molar-refractivity contribution in [2.24, 2.45) is 5.92 Å². The van der Waals surface area contributed by atoms with Crippen LogP contribution in [0.4, 0.5) is 0 Å². The van der Waals surface area contributed by atoms with Gasteiger partial charge in [-0.05, 0) is 31.7 Å². The maximum absolute atomic E-state index is 11.3. The maximum Gasteiger partial charge on any atom is 0.150 e. The summed E-state index contributed by atoms with van der Waals surface area (Å²) >= 11 is 0. The Labute approximate surface area is 107 Å². The number of hydrogen-bond acceptors (Lipinski definition) is 3. The standard InChI is InChI=1S/C13H29NO2S/c1-5-14-13(11-12(3)4)9-7-8-10-17(15,16)6-2/h12-14H,5-11H2,1-4H3. The van der Waals surface area contributed by atoms with Crippen LogP contribution >= 0.6 is 0 Å². The van der Waals surface area contributed by atoms with Gasteiger partial charge in [-0.1, -0.05) is 34.1 Å². The van der Waals surface area contributed by atoms with Gasteiger partial charge in [0.05, 0.1) is 5.75 Å². The van der Waals surface area contributed by atoms with Crippen LogP contribution in [0.1, 0.15) is 53.4 Å². The van der Waals surface area contributed by atoms with Gasteiger partial charge >= 0.3 is 0 Å². The van der Waals surface area contributed by atoms with Crippen molar-refractivity contribution in [1.29, 1.82) is 0 Å². The van der Waals surface area contributed by atoms with Crippen LogP contribution in [0.2, 0.25) is 0 Å². The van der Waals surface area contributed by atoms with Gasteiger partial charge in [-0.25, -0.2) is 8.42 Å². The normalized spacial score (nSPS) is 14.2. The molecule has 0 saturated carbocycles. The highest BCUT2D eigenvalue weighted by atomic mass is 32.2. The summed E-state index contributed by atoms with van der Waals surface area (Å²) in [6.45, 7) is 9.28. The van der Waals surface area contributed by atoms with E-state index < -0.39 is 9.84 Å². The minimum atomic E-state index is -2.77. The first kappa shape index (κ1) is 16.9. The minimum Gasteiger partial charge on any atom is -0.314 e. The molecule has 4 heteroatoms. The average Bonchev–Trinajstić information content (AvgIpc) is 2.24. The molecule has 0 aliphatic carbocycles. The van der Waals surface area contributed by atoms with E-state index in [0.717, 1.165) is 25.8 Å². The molecule has 1 atom stereocenters. The van der Waals surface area contributed by atoms with Crippen molar-refractivity contribution in [1.82, 2.24) is 5.32 Å². The fourth-order valence-electron chi connectivity index (χ4n) is 2.02. The van der Waals surface area contributed by atoms with Gasteiger partial charge in [0.15, 0.2) is 0 Å². The third kappa shape index (κ3) is 9.60. The van der Waals surface area contributed by atoms with E-state index in [0.29, 0.717) is 17.7 Å². The van der Waals surface area contributed by atoms with Crippen LogP contribution in [0.25, 0.3) is 0 Å². The predicted molar refractivity (Wildman–Crippen MR) is 75.1 cm³/mol. The molecule has 0 aliphatic heterocycles. The fraction of sp³-hybridized carbons (Fsp3) is 1.00. The summed E-state index contributed by atoms with van der Waals surface area (Å²) in [6, 6.07) is 0.546. The lowest BCUT2D eigenvalue weighted by Crippen LogP contribution is -2.30. The molecule has 0 radical (unpaired) electrons. The highest BCUT2D eigenvalue weighted by Crippen LogP contribution is 2.11. The van der Waals surface area contributed by atoms with Crippen molar-refractivity contribution in [2.45, 2.75) is 59.4 Å². The van der Waals surface area contributed by atoms with Crippen LogP contribution in [0.15, 0.2) is 0 Å². The summed E-state index contributed by atoms with van der Waals surface area (Å²) in [6.07, 6.45) is 4.07. The van der Waals surface area contributed by atoms with Crippen molar-refractivity contribution in [3.8, 4) is 0 Å². The largest absolute Gasteiger partial charge is 0.314 e. The second kappa shape index (κ2) is 8.92. The molecule has 0 amide bonds. The van der Waals surface area contributed by atoms with Crippen molar-refractivity contribution in [3.05, 3.63) is 0 Å². The second-order valence-electron chi connectivity index (χ2n) is 5.12. The quantitative estimate of drug-likeness (QED) is 0.616. The number of unbranched alkanes of at least 4 members (excludes halogenated alkanes) is 1. The number of hydrogen-bond donors (Lipinski definition) is 1. The molecule has 0 rings (SSSR count). The van der Waals surface area contributed by atoms with E-state index in [2.05, 4.69) is 26.1 Å². The van der Waals surface area contributed by atoms with Gasteiger partial charge in [0, 0.05) is 11.8 Å². The van der Waals surface area contributed by atoms with Gasteiger partial charge in [-0.15, -0.1) is 0 Å². The minimum absolute atomic E-state index is 0.273. The zero-order chi connectivity index (χ0) is 13.3. The van der Waals surface area contributed by atoms with E-state index in [-0.39, 0.29) is 5.75 Å². The third-order valence-electron chi connectivity index (χ3n) is 2.95. The van der Waals surface area contributed by atoms with Gasteiger partial charge in [-0.2, -0.15) is 0 Å². The van der Waals surface area contributed by atoms with Crippen molar-refractivity contribution < 1.29 is 8.42 Å². The van der Waals surface area contributed by atoms with Crippen LogP contribution in [-0.4, -0.2) is 32.5 Å². The van der Waals surface area contributed by atoms with Gasteiger partial charge < -0.3 is 5.32 Å². The van der Waals surface area contributed by atoms with E-state index in [1.165, 1.54) is 6.42 Å². The fourth-order valence-corrected chi connectivity index (χ4v) is 2.95. The molecule has 17 heavy (non-hydrogen) atoms. The van der Waals surface area contributed by atoms with E-state index in [1.54, 1.807) is 6.92 Å². The van der Waals surface area contributed by atoms with Crippen molar-refractivity contribution in [3.63, 3.8) is 0 Å². The van der Waals surface area contributed by atoms with Crippen LogP contribution in [-0.2, 0) is 9.84 Å². The molecule has 0 spiro atoms. The Morgan fingerprint density at radius 2 is 1.76 bits per heavy atom. The molecule has 0 aromatic rings. The molecule has 0 fully saturated rings. The Morgan fingerprint density at radius 1 is 1.12 bits per heavy atom.